The Bertz CT molecular complexity index is 257. The molecule has 0 aromatic rings. The number of hydrogen-bond acceptors (Lipinski definition) is 2. The molecule has 0 aliphatic heterocycles. The third kappa shape index (κ3) is 1.10. The molecule has 0 saturated heterocycles. The molecule has 0 aromatic heterocycles. The first-order valence-corrected chi connectivity index (χ1v) is 5.88. The summed E-state index contributed by atoms with van der Waals surface area (Å²) < 4.78 is 0. The molecule has 4 bridgehead atoms. The minimum atomic E-state index is -0.336. The van der Waals surface area contributed by atoms with E-state index in [1.54, 1.807) is 0 Å². The highest BCUT2D eigenvalue weighted by atomic mass is 16.3. The van der Waals surface area contributed by atoms with E-state index in [0.717, 1.165) is 25.2 Å². The fraction of sp³-hybridized carbons (Fsp3) is 1.00. The Balaban J connectivity index is 2.01. The summed E-state index contributed by atoms with van der Waals surface area (Å²) in [5.41, 5.74) is 0.345. The Morgan fingerprint density at radius 2 is 1.93 bits per heavy atom. The van der Waals surface area contributed by atoms with Crippen LogP contribution in [0.4, 0.5) is 0 Å². The summed E-state index contributed by atoms with van der Waals surface area (Å²) in [4.78, 5) is 0. The molecule has 0 amide bonds. The van der Waals surface area contributed by atoms with Gasteiger partial charge in [0.1, 0.15) is 0 Å². The fourth-order valence-corrected chi connectivity index (χ4v) is 5.14. The summed E-state index contributed by atoms with van der Waals surface area (Å²) in [6.07, 6.45) is 7.00. The second-order valence-electron chi connectivity index (χ2n) is 6.57. The van der Waals surface area contributed by atoms with E-state index < -0.39 is 0 Å². The monoisotopic (exact) mass is 195 g/mol. The maximum atomic E-state index is 10.5. The summed E-state index contributed by atoms with van der Waals surface area (Å²) in [5.74, 6) is 0.772. The van der Waals surface area contributed by atoms with Gasteiger partial charge in [-0.2, -0.15) is 0 Å². The second kappa shape index (κ2) is 2.35. The van der Waals surface area contributed by atoms with E-state index in [1.807, 2.05) is 0 Å². The first-order chi connectivity index (χ1) is 6.47. The van der Waals surface area contributed by atoms with E-state index in [9.17, 15) is 5.11 Å². The van der Waals surface area contributed by atoms with Crippen molar-refractivity contribution in [3.8, 4) is 0 Å². The van der Waals surface area contributed by atoms with Crippen molar-refractivity contribution < 1.29 is 5.11 Å². The van der Waals surface area contributed by atoms with E-state index in [4.69, 9.17) is 0 Å². The number of nitrogens with one attached hydrogen (secondary N) is 1. The Kier molecular flexibility index (Phi) is 1.54. The van der Waals surface area contributed by atoms with E-state index in [0.29, 0.717) is 5.41 Å². The van der Waals surface area contributed by atoms with Gasteiger partial charge in [-0.25, -0.2) is 0 Å². The molecule has 4 unspecified atom stereocenters. The average Bonchev–Trinajstić information content (AvgIpc) is 1.97. The number of rotatable bonds is 1. The highest BCUT2D eigenvalue weighted by molar-refractivity contribution is 5.15. The third-order valence-electron chi connectivity index (χ3n) is 4.85. The Morgan fingerprint density at radius 1 is 1.14 bits per heavy atom. The van der Waals surface area contributed by atoms with Crippen molar-refractivity contribution in [3.63, 3.8) is 0 Å². The van der Waals surface area contributed by atoms with E-state index >= 15 is 0 Å². The molecule has 4 fully saturated rings. The molecule has 4 atom stereocenters. The maximum absolute atomic E-state index is 10.5. The predicted octanol–water partition coefficient (Wildman–Crippen LogP) is 1.68. The fourth-order valence-electron chi connectivity index (χ4n) is 5.14. The van der Waals surface area contributed by atoms with E-state index in [2.05, 4.69) is 19.3 Å². The topological polar surface area (TPSA) is 32.3 Å². The van der Waals surface area contributed by atoms with Gasteiger partial charge < -0.3 is 10.4 Å². The van der Waals surface area contributed by atoms with Crippen LogP contribution in [-0.4, -0.2) is 23.3 Å². The van der Waals surface area contributed by atoms with Gasteiger partial charge in [0, 0.05) is 5.54 Å². The van der Waals surface area contributed by atoms with Crippen LogP contribution in [0, 0.1) is 11.3 Å². The molecule has 2 N–H and O–H groups in total. The van der Waals surface area contributed by atoms with Gasteiger partial charge in [0.15, 0.2) is 0 Å². The van der Waals surface area contributed by atoms with Crippen molar-refractivity contribution >= 4 is 0 Å². The zero-order valence-corrected chi connectivity index (χ0v) is 9.27. The van der Waals surface area contributed by atoms with Gasteiger partial charge in [-0.15, -0.1) is 0 Å². The van der Waals surface area contributed by atoms with Crippen LogP contribution in [0.5, 0.6) is 0 Å². The molecular weight excluding hydrogens is 174 g/mol. The molecular formula is C12H21NO. The SMILES string of the molecule is CNC12CC3CC(C)(CC(O)(C3)C1)C2. The molecule has 2 heteroatoms. The normalized spacial score (nSPS) is 60.6. The van der Waals surface area contributed by atoms with E-state index in [-0.39, 0.29) is 11.1 Å². The summed E-state index contributed by atoms with van der Waals surface area (Å²) in [5, 5.41) is 14.0. The summed E-state index contributed by atoms with van der Waals surface area (Å²) in [6.45, 7) is 2.37. The lowest BCUT2D eigenvalue weighted by atomic mass is 9.46. The van der Waals surface area contributed by atoms with Gasteiger partial charge in [-0.1, -0.05) is 6.92 Å². The highest BCUT2D eigenvalue weighted by Crippen LogP contribution is 2.62. The minimum Gasteiger partial charge on any atom is -0.390 e. The van der Waals surface area contributed by atoms with Crippen molar-refractivity contribution in [2.24, 2.45) is 11.3 Å². The molecule has 0 spiro atoms. The largest absolute Gasteiger partial charge is 0.390 e. The number of hydrogen-bond donors (Lipinski definition) is 2. The number of aliphatic hydroxyl groups is 1. The lowest BCUT2D eigenvalue weighted by molar-refractivity contribution is -0.172. The van der Waals surface area contributed by atoms with Gasteiger partial charge in [-0.05, 0) is 56.9 Å². The van der Waals surface area contributed by atoms with Gasteiger partial charge >= 0.3 is 0 Å². The van der Waals surface area contributed by atoms with Gasteiger partial charge in [-0.3, -0.25) is 0 Å². The van der Waals surface area contributed by atoms with Crippen LogP contribution in [0.3, 0.4) is 0 Å². The molecule has 4 saturated carbocycles. The Hall–Kier alpha value is -0.0800. The quantitative estimate of drug-likeness (QED) is 0.667. The van der Waals surface area contributed by atoms with E-state index in [1.165, 1.54) is 19.3 Å². The summed E-state index contributed by atoms with van der Waals surface area (Å²) in [6, 6.07) is 0. The van der Waals surface area contributed by atoms with Crippen LogP contribution < -0.4 is 5.32 Å². The first-order valence-electron chi connectivity index (χ1n) is 5.88. The summed E-state index contributed by atoms with van der Waals surface area (Å²) >= 11 is 0. The lowest BCUT2D eigenvalue weighted by Crippen LogP contribution is -2.66. The molecule has 0 aromatic carbocycles. The molecule has 0 heterocycles. The average molecular weight is 195 g/mol. The minimum absolute atomic E-state index is 0.267. The van der Waals surface area contributed by atoms with Gasteiger partial charge in [0.25, 0.3) is 0 Å². The Labute approximate surface area is 86.1 Å². The van der Waals surface area contributed by atoms with Crippen LogP contribution in [0.25, 0.3) is 0 Å². The zero-order chi connectivity index (χ0) is 10.0. The van der Waals surface area contributed by atoms with Crippen LogP contribution >= 0.6 is 0 Å². The van der Waals surface area contributed by atoms with Crippen molar-refractivity contribution in [3.05, 3.63) is 0 Å². The molecule has 4 aliphatic carbocycles. The molecule has 0 radical (unpaired) electrons. The van der Waals surface area contributed by atoms with Gasteiger partial charge in [0.05, 0.1) is 5.60 Å². The van der Waals surface area contributed by atoms with Crippen LogP contribution in [0.15, 0.2) is 0 Å². The third-order valence-corrected chi connectivity index (χ3v) is 4.85. The molecule has 14 heavy (non-hydrogen) atoms. The zero-order valence-electron chi connectivity index (χ0n) is 9.27. The van der Waals surface area contributed by atoms with Crippen molar-refractivity contribution in [2.75, 3.05) is 7.05 Å². The van der Waals surface area contributed by atoms with Crippen molar-refractivity contribution in [2.45, 2.75) is 56.6 Å². The Morgan fingerprint density at radius 3 is 2.50 bits per heavy atom. The lowest BCUT2D eigenvalue weighted by Gasteiger charge is -2.64. The van der Waals surface area contributed by atoms with Gasteiger partial charge in [0.2, 0.25) is 0 Å². The first kappa shape index (κ1) is 9.17. The highest BCUT2D eigenvalue weighted by Gasteiger charge is 2.60. The molecule has 4 aliphatic rings. The molecule has 4 rings (SSSR count). The molecule has 2 nitrogen and oxygen atoms in total. The second-order valence-corrected chi connectivity index (χ2v) is 6.57. The van der Waals surface area contributed by atoms with Crippen LogP contribution in [-0.2, 0) is 0 Å². The smallest absolute Gasteiger partial charge is 0.0673 e. The van der Waals surface area contributed by atoms with Crippen LogP contribution in [0.1, 0.15) is 45.4 Å². The van der Waals surface area contributed by atoms with Crippen molar-refractivity contribution in [1.29, 1.82) is 0 Å². The van der Waals surface area contributed by atoms with Crippen LogP contribution in [0.2, 0.25) is 0 Å². The summed E-state index contributed by atoms with van der Waals surface area (Å²) in [7, 11) is 2.07. The standard InChI is InChI=1S/C12H21NO/c1-10-3-9-4-11(6-10,13-2)8-12(14,5-9)7-10/h9,13-14H,3-8H2,1-2H3. The maximum Gasteiger partial charge on any atom is 0.0673 e. The van der Waals surface area contributed by atoms with Crippen molar-refractivity contribution in [1.82, 2.24) is 5.32 Å². The predicted molar refractivity (Wildman–Crippen MR) is 56.0 cm³/mol. The molecule has 80 valence electrons.